The summed E-state index contributed by atoms with van der Waals surface area (Å²) in [7, 11) is 0. The summed E-state index contributed by atoms with van der Waals surface area (Å²) in [5, 5.41) is 0. The van der Waals surface area contributed by atoms with Gasteiger partial charge in [0.05, 0.1) is 19.8 Å². The molecule has 0 atom stereocenters. The van der Waals surface area contributed by atoms with Crippen molar-refractivity contribution in [3.8, 4) is 0 Å². The molecular formula is C12H18O5. The lowest BCUT2D eigenvalue weighted by atomic mass is 10.2. The number of rotatable bonds is 7. The van der Waals surface area contributed by atoms with Gasteiger partial charge >= 0.3 is 11.9 Å². The third-order valence-corrected chi connectivity index (χ3v) is 1.69. The third kappa shape index (κ3) is 4.72. The van der Waals surface area contributed by atoms with Gasteiger partial charge in [-0.2, -0.15) is 0 Å². The van der Waals surface area contributed by atoms with E-state index in [0.717, 1.165) is 0 Å². The van der Waals surface area contributed by atoms with Crippen molar-refractivity contribution in [2.24, 2.45) is 0 Å². The Hall–Kier alpha value is -1.78. The van der Waals surface area contributed by atoms with Gasteiger partial charge < -0.3 is 14.2 Å². The molecule has 5 nitrogen and oxygen atoms in total. The molecular weight excluding hydrogens is 224 g/mol. The van der Waals surface area contributed by atoms with Crippen LogP contribution in [-0.4, -0.2) is 31.8 Å². The van der Waals surface area contributed by atoms with Gasteiger partial charge in [0.1, 0.15) is 5.76 Å². The van der Waals surface area contributed by atoms with Crippen LogP contribution >= 0.6 is 0 Å². The highest BCUT2D eigenvalue weighted by Crippen LogP contribution is 2.12. The first-order valence-corrected chi connectivity index (χ1v) is 5.45. The summed E-state index contributed by atoms with van der Waals surface area (Å²) in [5.74, 6) is -1.46. The molecule has 96 valence electrons. The van der Waals surface area contributed by atoms with Gasteiger partial charge in [0.25, 0.3) is 0 Å². The third-order valence-electron chi connectivity index (χ3n) is 1.69. The smallest absolute Gasteiger partial charge is 0.349 e. The molecule has 0 bridgehead atoms. The zero-order valence-corrected chi connectivity index (χ0v) is 10.4. The summed E-state index contributed by atoms with van der Waals surface area (Å²) >= 11 is 0. The van der Waals surface area contributed by atoms with Crippen molar-refractivity contribution in [1.29, 1.82) is 0 Å². The highest BCUT2D eigenvalue weighted by molar-refractivity contribution is 6.14. The van der Waals surface area contributed by atoms with E-state index in [1.54, 1.807) is 20.8 Å². The monoisotopic (exact) mass is 242 g/mol. The molecule has 0 saturated heterocycles. The van der Waals surface area contributed by atoms with Gasteiger partial charge in [-0.3, -0.25) is 0 Å². The summed E-state index contributed by atoms with van der Waals surface area (Å²) in [5.41, 5.74) is -0.259. The predicted molar refractivity (Wildman–Crippen MR) is 62.1 cm³/mol. The minimum atomic E-state index is -0.769. The van der Waals surface area contributed by atoms with Crippen LogP contribution in [0.3, 0.4) is 0 Å². The lowest BCUT2D eigenvalue weighted by molar-refractivity contribution is -0.147. The number of allylic oxidation sites excluding steroid dienone is 1. The Morgan fingerprint density at radius 2 is 1.35 bits per heavy atom. The second kappa shape index (κ2) is 8.38. The molecule has 0 fully saturated rings. The van der Waals surface area contributed by atoms with Crippen LogP contribution in [0.5, 0.6) is 0 Å². The minimum Gasteiger partial charge on any atom is -0.493 e. The van der Waals surface area contributed by atoms with Crippen molar-refractivity contribution >= 4 is 11.9 Å². The summed E-state index contributed by atoms with van der Waals surface area (Å²) in [6.07, 6.45) is 1.28. The fourth-order valence-electron chi connectivity index (χ4n) is 1.08. The normalized spacial score (nSPS) is 9.12. The van der Waals surface area contributed by atoms with E-state index >= 15 is 0 Å². The summed E-state index contributed by atoms with van der Waals surface area (Å²) in [4.78, 5) is 23.3. The first kappa shape index (κ1) is 15.2. The topological polar surface area (TPSA) is 61.8 Å². The molecule has 0 heterocycles. The molecule has 0 unspecified atom stereocenters. The van der Waals surface area contributed by atoms with Gasteiger partial charge in [-0.25, -0.2) is 9.59 Å². The molecule has 0 amide bonds. The highest BCUT2D eigenvalue weighted by atomic mass is 16.6. The van der Waals surface area contributed by atoms with Crippen molar-refractivity contribution in [3.63, 3.8) is 0 Å². The summed E-state index contributed by atoms with van der Waals surface area (Å²) in [6, 6.07) is 0. The van der Waals surface area contributed by atoms with E-state index in [4.69, 9.17) is 14.2 Å². The molecule has 0 spiro atoms. The van der Waals surface area contributed by atoms with E-state index in [1.807, 2.05) is 0 Å². The standard InChI is InChI=1S/C12H18O5/c1-5-9(15-6-2)10(11(13)16-7-3)12(14)17-8-4/h5H,1,6-8H2,2-4H3. The molecule has 0 aromatic carbocycles. The molecule has 0 rings (SSSR count). The fraction of sp³-hybridized carbons (Fsp3) is 0.500. The van der Waals surface area contributed by atoms with Crippen LogP contribution < -0.4 is 0 Å². The van der Waals surface area contributed by atoms with E-state index < -0.39 is 11.9 Å². The second-order valence-corrected chi connectivity index (χ2v) is 2.82. The first-order chi connectivity index (χ1) is 8.12. The number of esters is 2. The Morgan fingerprint density at radius 1 is 0.941 bits per heavy atom. The molecule has 0 aromatic heterocycles. The summed E-state index contributed by atoms with van der Waals surface area (Å²) in [6.45, 7) is 9.16. The molecule has 0 aromatic rings. The molecule has 0 N–H and O–H groups in total. The quantitative estimate of drug-likeness (QED) is 0.169. The maximum absolute atomic E-state index is 11.6. The minimum absolute atomic E-state index is 0.0735. The Labute approximate surface area is 101 Å². The Morgan fingerprint density at radius 3 is 1.65 bits per heavy atom. The van der Waals surface area contributed by atoms with Gasteiger partial charge in [-0.1, -0.05) is 6.58 Å². The van der Waals surface area contributed by atoms with Crippen molar-refractivity contribution in [1.82, 2.24) is 0 Å². The molecule has 0 radical (unpaired) electrons. The van der Waals surface area contributed by atoms with Crippen molar-refractivity contribution < 1.29 is 23.8 Å². The highest BCUT2D eigenvalue weighted by Gasteiger charge is 2.25. The van der Waals surface area contributed by atoms with E-state index in [9.17, 15) is 9.59 Å². The second-order valence-electron chi connectivity index (χ2n) is 2.82. The van der Waals surface area contributed by atoms with Crippen LogP contribution in [-0.2, 0) is 23.8 Å². The van der Waals surface area contributed by atoms with Crippen LogP contribution in [0.25, 0.3) is 0 Å². The molecule has 0 saturated carbocycles. The lowest BCUT2D eigenvalue weighted by Gasteiger charge is -2.11. The molecule has 17 heavy (non-hydrogen) atoms. The molecule has 0 aliphatic carbocycles. The van der Waals surface area contributed by atoms with Crippen LogP contribution in [0.1, 0.15) is 20.8 Å². The van der Waals surface area contributed by atoms with Crippen LogP contribution in [0.2, 0.25) is 0 Å². The number of carbonyl (C=O) groups is 2. The zero-order chi connectivity index (χ0) is 13.3. The van der Waals surface area contributed by atoms with Gasteiger partial charge in [0.2, 0.25) is 0 Å². The molecule has 0 aliphatic heterocycles. The number of hydrogen-bond acceptors (Lipinski definition) is 5. The zero-order valence-electron chi connectivity index (χ0n) is 10.4. The van der Waals surface area contributed by atoms with Gasteiger partial charge in [0, 0.05) is 0 Å². The van der Waals surface area contributed by atoms with E-state index in [0.29, 0.717) is 6.61 Å². The molecule has 5 heteroatoms. The largest absolute Gasteiger partial charge is 0.493 e. The van der Waals surface area contributed by atoms with Crippen LogP contribution in [0.15, 0.2) is 24.0 Å². The van der Waals surface area contributed by atoms with Crippen molar-refractivity contribution in [2.75, 3.05) is 19.8 Å². The molecule has 0 aliphatic rings. The lowest BCUT2D eigenvalue weighted by Crippen LogP contribution is -2.21. The SMILES string of the molecule is C=CC(OCC)=C(C(=O)OCC)C(=O)OCC. The Bertz CT molecular complexity index is 297. The summed E-state index contributed by atoms with van der Waals surface area (Å²) < 4.78 is 14.7. The maximum atomic E-state index is 11.6. The first-order valence-electron chi connectivity index (χ1n) is 5.45. The van der Waals surface area contributed by atoms with E-state index in [-0.39, 0.29) is 24.5 Å². The van der Waals surface area contributed by atoms with Gasteiger partial charge in [0.15, 0.2) is 5.57 Å². The fourth-order valence-corrected chi connectivity index (χ4v) is 1.08. The number of ether oxygens (including phenoxy) is 3. The maximum Gasteiger partial charge on any atom is 0.349 e. The van der Waals surface area contributed by atoms with E-state index in [1.165, 1.54) is 6.08 Å². The van der Waals surface area contributed by atoms with Crippen LogP contribution in [0, 0.1) is 0 Å². The Kier molecular flexibility index (Phi) is 7.50. The van der Waals surface area contributed by atoms with E-state index in [2.05, 4.69) is 6.58 Å². The Balaban J connectivity index is 5.26. The van der Waals surface area contributed by atoms with Crippen LogP contribution in [0.4, 0.5) is 0 Å². The van der Waals surface area contributed by atoms with Crippen molar-refractivity contribution in [3.05, 3.63) is 24.0 Å². The van der Waals surface area contributed by atoms with Gasteiger partial charge in [-0.15, -0.1) is 0 Å². The van der Waals surface area contributed by atoms with Crippen molar-refractivity contribution in [2.45, 2.75) is 20.8 Å². The average Bonchev–Trinajstić information content (AvgIpc) is 2.29. The van der Waals surface area contributed by atoms with Gasteiger partial charge in [-0.05, 0) is 26.8 Å². The average molecular weight is 242 g/mol. The predicted octanol–water partition coefficient (Wildman–Crippen LogP) is 1.59. The number of carbonyl (C=O) groups excluding carboxylic acids is 2. The number of hydrogen-bond donors (Lipinski definition) is 0.